The molecule has 0 aromatic carbocycles. The van der Waals surface area contributed by atoms with E-state index in [4.69, 9.17) is 4.74 Å². The summed E-state index contributed by atoms with van der Waals surface area (Å²) in [5.74, 6) is 0.912. The molecule has 1 heterocycles. The molecular formula is C14H27N3O. The normalized spacial score (nSPS) is 13.0. The fraction of sp³-hybridized carbons (Fsp3) is 0.786. The van der Waals surface area contributed by atoms with Gasteiger partial charge in [-0.2, -0.15) is 5.10 Å². The van der Waals surface area contributed by atoms with E-state index in [1.165, 1.54) is 18.5 Å². The van der Waals surface area contributed by atoms with E-state index in [-0.39, 0.29) is 0 Å². The second-order valence-electron chi connectivity index (χ2n) is 5.01. The average Bonchev–Trinajstić information content (AvgIpc) is 2.77. The lowest BCUT2D eigenvalue weighted by Crippen LogP contribution is -2.26. The van der Waals surface area contributed by atoms with Crippen LogP contribution in [0.3, 0.4) is 0 Å². The van der Waals surface area contributed by atoms with Gasteiger partial charge in [0.15, 0.2) is 5.75 Å². The third kappa shape index (κ3) is 3.73. The Balaban J connectivity index is 2.72. The zero-order chi connectivity index (χ0) is 13.5. The standard InChI is InChI=1S/C14H27N3O/c1-6-7-12(15-4)8-9-13-14(18-5)10-16-17(13)11(2)3/h10-12,15H,6-9H2,1-5H3. The summed E-state index contributed by atoms with van der Waals surface area (Å²) < 4.78 is 7.47. The van der Waals surface area contributed by atoms with Gasteiger partial charge in [0.1, 0.15) is 0 Å². The third-order valence-corrected chi connectivity index (χ3v) is 3.34. The Hall–Kier alpha value is -1.03. The highest BCUT2D eigenvalue weighted by Gasteiger charge is 2.15. The zero-order valence-electron chi connectivity index (χ0n) is 12.4. The number of methoxy groups -OCH3 is 1. The molecule has 0 aliphatic carbocycles. The maximum Gasteiger partial charge on any atom is 0.159 e. The van der Waals surface area contributed by atoms with Crippen LogP contribution in [0.2, 0.25) is 0 Å². The Kier molecular flexibility index (Phi) is 6.19. The van der Waals surface area contributed by atoms with Crippen LogP contribution in [0.25, 0.3) is 0 Å². The lowest BCUT2D eigenvalue weighted by Gasteiger charge is -2.17. The van der Waals surface area contributed by atoms with Crippen LogP contribution in [0.1, 0.15) is 51.8 Å². The smallest absolute Gasteiger partial charge is 0.159 e. The van der Waals surface area contributed by atoms with E-state index >= 15 is 0 Å². The van der Waals surface area contributed by atoms with Gasteiger partial charge in [0, 0.05) is 12.1 Å². The number of hydrogen-bond acceptors (Lipinski definition) is 3. The molecule has 0 saturated carbocycles. The SMILES string of the molecule is CCCC(CCc1c(OC)cnn1C(C)C)NC. The molecule has 0 bridgehead atoms. The summed E-state index contributed by atoms with van der Waals surface area (Å²) in [6, 6.07) is 0.957. The number of rotatable bonds is 8. The molecule has 1 aromatic heterocycles. The van der Waals surface area contributed by atoms with E-state index < -0.39 is 0 Å². The molecule has 0 radical (unpaired) electrons. The van der Waals surface area contributed by atoms with E-state index in [0.29, 0.717) is 12.1 Å². The lowest BCUT2D eigenvalue weighted by atomic mass is 10.0. The Labute approximate surface area is 111 Å². The molecule has 104 valence electrons. The minimum atomic E-state index is 0.378. The van der Waals surface area contributed by atoms with E-state index in [0.717, 1.165) is 18.6 Å². The second kappa shape index (κ2) is 7.41. The summed E-state index contributed by atoms with van der Waals surface area (Å²) in [6.45, 7) is 6.53. The van der Waals surface area contributed by atoms with Gasteiger partial charge in [0.25, 0.3) is 0 Å². The van der Waals surface area contributed by atoms with Gasteiger partial charge in [-0.3, -0.25) is 4.68 Å². The van der Waals surface area contributed by atoms with Crippen molar-refractivity contribution in [1.82, 2.24) is 15.1 Å². The van der Waals surface area contributed by atoms with Gasteiger partial charge in [0.2, 0.25) is 0 Å². The van der Waals surface area contributed by atoms with Crippen LogP contribution in [0, 0.1) is 0 Å². The van der Waals surface area contributed by atoms with Gasteiger partial charge in [0.05, 0.1) is 19.0 Å². The minimum absolute atomic E-state index is 0.378. The average molecular weight is 253 g/mol. The predicted molar refractivity (Wildman–Crippen MR) is 75.2 cm³/mol. The molecule has 0 aliphatic rings. The number of ether oxygens (including phenoxy) is 1. The first-order valence-corrected chi connectivity index (χ1v) is 6.91. The molecule has 4 nitrogen and oxygen atoms in total. The van der Waals surface area contributed by atoms with Crippen molar-refractivity contribution in [3.8, 4) is 5.75 Å². The summed E-state index contributed by atoms with van der Waals surface area (Å²) in [5.41, 5.74) is 1.21. The van der Waals surface area contributed by atoms with Crippen molar-refractivity contribution in [2.24, 2.45) is 0 Å². The van der Waals surface area contributed by atoms with Crippen LogP contribution in [-0.2, 0) is 6.42 Å². The molecule has 1 atom stereocenters. The molecule has 1 N–H and O–H groups in total. The molecule has 1 aromatic rings. The van der Waals surface area contributed by atoms with Crippen molar-refractivity contribution < 1.29 is 4.74 Å². The van der Waals surface area contributed by atoms with Crippen molar-refractivity contribution >= 4 is 0 Å². The number of nitrogens with one attached hydrogen (secondary N) is 1. The first-order chi connectivity index (χ1) is 8.63. The number of nitrogens with zero attached hydrogens (tertiary/aromatic N) is 2. The zero-order valence-corrected chi connectivity index (χ0v) is 12.4. The Morgan fingerprint density at radius 2 is 2.11 bits per heavy atom. The second-order valence-corrected chi connectivity index (χ2v) is 5.01. The van der Waals surface area contributed by atoms with Crippen LogP contribution in [-0.4, -0.2) is 30.0 Å². The maximum absolute atomic E-state index is 5.40. The predicted octanol–water partition coefficient (Wildman–Crippen LogP) is 2.79. The highest BCUT2D eigenvalue weighted by Crippen LogP contribution is 2.23. The van der Waals surface area contributed by atoms with Gasteiger partial charge < -0.3 is 10.1 Å². The van der Waals surface area contributed by atoms with Crippen molar-refractivity contribution in [2.75, 3.05) is 14.2 Å². The Morgan fingerprint density at radius 3 is 2.61 bits per heavy atom. The molecule has 1 rings (SSSR count). The first kappa shape index (κ1) is 15.0. The van der Waals surface area contributed by atoms with Gasteiger partial charge >= 0.3 is 0 Å². The fourth-order valence-corrected chi connectivity index (χ4v) is 2.32. The molecular weight excluding hydrogens is 226 g/mol. The number of hydrogen-bond donors (Lipinski definition) is 1. The maximum atomic E-state index is 5.40. The van der Waals surface area contributed by atoms with Gasteiger partial charge in [-0.1, -0.05) is 13.3 Å². The fourth-order valence-electron chi connectivity index (χ4n) is 2.32. The Bertz CT molecular complexity index is 347. The van der Waals surface area contributed by atoms with E-state index in [1.807, 2.05) is 13.2 Å². The summed E-state index contributed by atoms with van der Waals surface area (Å²) in [4.78, 5) is 0. The van der Waals surface area contributed by atoms with E-state index in [1.54, 1.807) is 7.11 Å². The summed E-state index contributed by atoms with van der Waals surface area (Å²) in [6.07, 6.45) is 6.39. The van der Waals surface area contributed by atoms with Crippen LogP contribution < -0.4 is 10.1 Å². The number of aromatic nitrogens is 2. The summed E-state index contributed by atoms with van der Waals surface area (Å²) in [7, 11) is 3.75. The molecule has 0 spiro atoms. The van der Waals surface area contributed by atoms with Gasteiger partial charge in [-0.25, -0.2) is 0 Å². The van der Waals surface area contributed by atoms with Crippen molar-refractivity contribution in [2.45, 2.75) is 58.5 Å². The quantitative estimate of drug-likeness (QED) is 0.774. The molecule has 0 saturated heterocycles. The summed E-state index contributed by atoms with van der Waals surface area (Å²) >= 11 is 0. The third-order valence-electron chi connectivity index (χ3n) is 3.34. The molecule has 0 aliphatic heterocycles. The molecule has 0 amide bonds. The largest absolute Gasteiger partial charge is 0.493 e. The van der Waals surface area contributed by atoms with Crippen LogP contribution in [0.5, 0.6) is 5.75 Å². The van der Waals surface area contributed by atoms with Crippen molar-refractivity contribution in [3.05, 3.63) is 11.9 Å². The lowest BCUT2D eigenvalue weighted by molar-refractivity contribution is 0.397. The van der Waals surface area contributed by atoms with Crippen molar-refractivity contribution in [1.29, 1.82) is 0 Å². The highest BCUT2D eigenvalue weighted by atomic mass is 16.5. The van der Waals surface area contributed by atoms with Crippen LogP contribution in [0.15, 0.2) is 6.20 Å². The van der Waals surface area contributed by atoms with Crippen LogP contribution in [0.4, 0.5) is 0 Å². The minimum Gasteiger partial charge on any atom is -0.493 e. The van der Waals surface area contributed by atoms with Gasteiger partial charge in [-0.05, 0) is 40.2 Å². The molecule has 4 heteroatoms. The van der Waals surface area contributed by atoms with Crippen LogP contribution >= 0.6 is 0 Å². The molecule has 0 fully saturated rings. The van der Waals surface area contributed by atoms with E-state index in [9.17, 15) is 0 Å². The topological polar surface area (TPSA) is 39.1 Å². The van der Waals surface area contributed by atoms with E-state index in [2.05, 4.69) is 35.9 Å². The van der Waals surface area contributed by atoms with Crippen molar-refractivity contribution in [3.63, 3.8) is 0 Å². The Morgan fingerprint density at radius 1 is 1.39 bits per heavy atom. The van der Waals surface area contributed by atoms with Gasteiger partial charge in [-0.15, -0.1) is 0 Å². The molecule has 18 heavy (non-hydrogen) atoms. The summed E-state index contributed by atoms with van der Waals surface area (Å²) in [5, 5.41) is 7.79. The first-order valence-electron chi connectivity index (χ1n) is 6.91. The highest BCUT2D eigenvalue weighted by molar-refractivity contribution is 5.25. The monoisotopic (exact) mass is 253 g/mol. The molecule has 1 unspecified atom stereocenters.